The average Bonchev–Trinajstić information content (AvgIpc) is 2.04. The van der Waals surface area contributed by atoms with Gasteiger partial charge in [-0.2, -0.15) is 5.26 Å². The molecule has 0 N–H and O–H groups in total. The molecule has 0 bridgehead atoms. The quantitative estimate of drug-likeness (QED) is 0.624. The summed E-state index contributed by atoms with van der Waals surface area (Å²) in [5.41, 5.74) is 0. The van der Waals surface area contributed by atoms with Crippen LogP contribution in [0.5, 0.6) is 0 Å². The second kappa shape index (κ2) is 6.11. The Bertz CT molecular complexity index is 215. The molecule has 76 valence electrons. The van der Waals surface area contributed by atoms with Crippen LogP contribution < -0.4 is 0 Å². The van der Waals surface area contributed by atoms with E-state index >= 15 is 0 Å². The van der Waals surface area contributed by atoms with E-state index in [-0.39, 0.29) is 13.2 Å². The first-order valence-electron chi connectivity index (χ1n) is 4.05. The number of phosphoric ester groups is 1. The van der Waals surface area contributed by atoms with Crippen LogP contribution in [0.25, 0.3) is 0 Å². The van der Waals surface area contributed by atoms with Gasteiger partial charge in [0.1, 0.15) is 0 Å². The minimum Gasteiger partial charge on any atom is -0.287 e. The standard InChI is InChI=1S/C7H14NO4P/c1-4-10-13(9,11-5-2)12-7(3)6-8/h7H,4-5H2,1-3H3/t7-/m1/s1. The van der Waals surface area contributed by atoms with Crippen LogP contribution in [0.3, 0.4) is 0 Å². The maximum atomic E-state index is 11.6. The maximum absolute atomic E-state index is 11.6. The van der Waals surface area contributed by atoms with Crippen molar-refractivity contribution in [3.05, 3.63) is 0 Å². The van der Waals surface area contributed by atoms with Crippen molar-refractivity contribution < 1.29 is 18.1 Å². The third-order valence-electron chi connectivity index (χ3n) is 1.04. The lowest BCUT2D eigenvalue weighted by molar-refractivity contribution is 0.108. The number of rotatable bonds is 6. The summed E-state index contributed by atoms with van der Waals surface area (Å²) in [7, 11) is -3.51. The first-order chi connectivity index (χ1) is 6.08. The lowest BCUT2D eigenvalue weighted by Gasteiger charge is -2.16. The summed E-state index contributed by atoms with van der Waals surface area (Å²) in [5, 5.41) is 8.43. The fourth-order valence-corrected chi connectivity index (χ4v) is 1.89. The van der Waals surface area contributed by atoms with Gasteiger partial charge in [-0.05, 0) is 20.8 Å². The fraction of sp³-hybridized carbons (Fsp3) is 0.857. The molecule has 0 amide bonds. The fourth-order valence-electron chi connectivity index (χ4n) is 0.632. The van der Waals surface area contributed by atoms with Crippen molar-refractivity contribution in [1.29, 1.82) is 5.26 Å². The van der Waals surface area contributed by atoms with E-state index in [1.807, 2.05) is 0 Å². The molecule has 0 aromatic carbocycles. The van der Waals surface area contributed by atoms with Crippen LogP contribution in [-0.4, -0.2) is 19.3 Å². The molecule has 0 aromatic rings. The number of phosphoric acid groups is 1. The number of hydrogen-bond acceptors (Lipinski definition) is 5. The minimum atomic E-state index is -3.51. The third-order valence-corrected chi connectivity index (χ3v) is 2.77. The van der Waals surface area contributed by atoms with Crippen LogP contribution >= 0.6 is 7.82 Å². The van der Waals surface area contributed by atoms with E-state index in [1.165, 1.54) is 6.92 Å². The van der Waals surface area contributed by atoms with Crippen LogP contribution in [-0.2, 0) is 18.1 Å². The number of nitriles is 1. The van der Waals surface area contributed by atoms with Crippen LogP contribution in [0.1, 0.15) is 20.8 Å². The van der Waals surface area contributed by atoms with Gasteiger partial charge in [0, 0.05) is 0 Å². The van der Waals surface area contributed by atoms with Crippen LogP contribution in [0.4, 0.5) is 0 Å². The molecule has 0 saturated heterocycles. The monoisotopic (exact) mass is 207 g/mol. The summed E-state index contributed by atoms with van der Waals surface area (Å²) in [4.78, 5) is 0. The Labute approximate surface area is 78.2 Å². The van der Waals surface area contributed by atoms with E-state index in [0.717, 1.165) is 0 Å². The zero-order valence-corrected chi connectivity index (χ0v) is 8.91. The van der Waals surface area contributed by atoms with Gasteiger partial charge in [0.15, 0.2) is 6.10 Å². The van der Waals surface area contributed by atoms with Gasteiger partial charge in [0.2, 0.25) is 0 Å². The Morgan fingerprint density at radius 3 is 2.15 bits per heavy atom. The van der Waals surface area contributed by atoms with Gasteiger partial charge in [-0.3, -0.25) is 13.6 Å². The molecule has 0 aliphatic heterocycles. The largest absolute Gasteiger partial charge is 0.476 e. The van der Waals surface area contributed by atoms with Crippen LogP contribution in [0.15, 0.2) is 0 Å². The predicted molar refractivity (Wildman–Crippen MR) is 47.0 cm³/mol. The molecule has 13 heavy (non-hydrogen) atoms. The Morgan fingerprint density at radius 1 is 1.38 bits per heavy atom. The summed E-state index contributed by atoms with van der Waals surface area (Å²) < 4.78 is 26.0. The maximum Gasteiger partial charge on any atom is 0.476 e. The average molecular weight is 207 g/mol. The van der Waals surface area contributed by atoms with E-state index < -0.39 is 13.9 Å². The Balaban J connectivity index is 4.25. The summed E-state index contributed by atoms with van der Waals surface area (Å²) >= 11 is 0. The summed E-state index contributed by atoms with van der Waals surface area (Å²) in [5.74, 6) is 0. The van der Waals surface area contributed by atoms with Crippen molar-refractivity contribution in [2.75, 3.05) is 13.2 Å². The van der Waals surface area contributed by atoms with Gasteiger partial charge in [0.05, 0.1) is 19.3 Å². The summed E-state index contributed by atoms with van der Waals surface area (Å²) in [6, 6.07) is 1.78. The highest BCUT2D eigenvalue weighted by Gasteiger charge is 2.27. The SMILES string of the molecule is CCOP(=O)(OCC)O[C@H](C)C#N. The van der Waals surface area contributed by atoms with Crippen LogP contribution in [0.2, 0.25) is 0 Å². The normalized spacial score (nSPS) is 13.7. The summed E-state index contributed by atoms with van der Waals surface area (Å²) in [6.45, 7) is 5.26. The van der Waals surface area contributed by atoms with E-state index in [1.54, 1.807) is 19.9 Å². The molecule has 5 nitrogen and oxygen atoms in total. The highest BCUT2D eigenvalue weighted by atomic mass is 31.2. The lowest BCUT2D eigenvalue weighted by Crippen LogP contribution is -2.07. The highest BCUT2D eigenvalue weighted by molar-refractivity contribution is 7.48. The Hall–Kier alpha value is -0.400. The van der Waals surface area contributed by atoms with Crippen molar-refractivity contribution >= 4 is 7.82 Å². The van der Waals surface area contributed by atoms with Gasteiger partial charge in [-0.1, -0.05) is 0 Å². The molecular formula is C7H14NO4P. The zero-order valence-electron chi connectivity index (χ0n) is 8.02. The van der Waals surface area contributed by atoms with E-state index in [0.29, 0.717) is 0 Å². The molecule has 0 saturated carbocycles. The summed E-state index contributed by atoms with van der Waals surface area (Å²) in [6.07, 6.45) is -0.802. The molecule has 0 unspecified atom stereocenters. The van der Waals surface area contributed by atoms with E-state index in [9.17, 15) is 4.57 Å². The van der Waals surface area contributed by atoms with Crippen LogP contribution in [0, 0.1) is 11.3 Å². The molecule has 0 heterocycles. The van der Waals surface area contributed by atoms with Crippen molar-refractivity contribution in [3.63, 3.8) is 0 Å². The number of hydrogen-bond donors (Lipinski definition) is 0. The molecule has 0 aliphatic rings. The second-order valence-electron chi connectivity index (χ2n) is 2.16. The van der Waals surface area contributed by atoms with Gasteiger partial charge in [-0.25, -0.2) is 4.57 Å². The van der Waals surface area contributed by atoms with Crippen molar-refractivity contribution in [3.8, 4) is 6.07 Å². The molecule has 0 aliphatic carbocycles. The Kier molecular flexibility index (Phi) is 5.93. The van der Waals surface area contributed by atoms with Gasteiger partial charge < -0.3 is 0 Å². The van der Waals surface area contributed by atoms with Crippen molar-refractivity contribution in [2.24, 2.45) is 0 Å². The molecular weight excluding hydrogens is 193 g/mol. The molecule has 6 heteroatoms. The smallest absolute Gasteiger partial charge is 0.287 e. The van der Waals surface area contributed by atoms with E-state index in [4.69, 9.17) is 18.8 Å². The minimum absolute atomic E-state index is 0.218. The third kappa shape index (κ3) is 5.02. The van der Waals surface area contributed by atoms with Crippen molar-refractivity contribution in [1.82, 2.24) is 0 Å². The molecule has 0 radical (unpaired) electrons. The zero-order chi connectivity index (χ0) is 10.3. The molecule has 0 spiro atoms. The molecule has 0 aromatic heterocycles. The predicted octanol–water partition coefficient (Wildman–Crippen LogP) is 2.10. The highest BCUT2D eigenvalue weighted by Crippen LogP contribution is 2.50. The van der Waals surface area contributed by atoms with Gasteiger partial charge >= 0.3 is 7.82 Å². The lowest BCUT2D eigenvalue weighted by atomic mass is 10.5. The van der Waals surface area contributed by atoms with Crippen molar-refractivity contribution in [2.45, 2.75) is 26.9 Å². The number of nitrogens with zero attached hydrogens (tertiary/aromatic N) is 1. The second-order valence-corrected chi connectivity index (χ2v) is 3.78. The van der Waals surface area contributed by atoms with E-state index in [2.05, 4.69) is 0 Å². The topological polar surface area (TPSA) is 68.6 Å². The molecule has 0 rings (SSSR count). The Morgan fingerprint density at radius 2 is 1.85 bits per heavy atom. The molecule has 1 atom stereocenters. The first kappa shape index (κ1) is 12.6. The molecule has 0 fully saturated rings. The van der Waals surface area contributed by atoms with Gasteiger partial charge in [-0.15, -0.1) is 0 Å². The van der Waals surface area contributed by atoms with Gasteiger partial charge in [0.25, 0.3) is 0 Å². The first-order valence-corrected chi connectivity index (χ1v) is 5.51.